The van der Waals surface area contributed by atoms with Gasteiger partial charge in [-0.3, -0.25) is 4.98 Å². The molecular formula is C11H12BrN3O. The molecule has 2 rings (SSSR count). The highest BCUT2D eigenvalue weighted by Crippen LogP contribution is 2.24. The van der Waals surface area contributed by atoms with Gasteiger partial charge < -0.3 is 10.3 Å². The van der Waals surface area contributed by atoms with Gasteiger partial charge in [-0.15, -0.1) is 0 Å². The molecule has 0 radical (unpaired) electrons. The molecule has 0 aliphatic carbocycles. The fourth-order valence-electron chi connectivity index (χ4n) is 1.35. The van der Waals surface area contributed by atoms with Crippen LogP contribution >= 0.6 is 15.9 Å². The molecule has 2 aromatic rings. The molecular weight excluding hydrogens is 270 g/mol. The van der Waals surface area contributed by atoms with E-state index in [1.54, 1.807) is 12.4 Å². The lowest BCUT2D eigenvalue weighted by atomic mass is 10.1. The highest BCUT2D eigenvalue weighted by Gasteiger charge is 2.12. The van der Waals surface area contributed by atoms with Gasteiger partial charge >= 0.3 is 0 Å². The van der Waals surface area contributed by atoms with Gasteiger partial charge in [0, 0.05) is 28.5 Å². The minimum atomic E-state index is -0.0960. The summed E-state index contributed by atoms with van der Waals surface area (Å²) in [6, 6.07) is 3.70. The lowest BCUT2D eigenvalue weighted by Gasteiger charge is -2.00. The van der Waals surface area contributed by atoms with Gasteiger partial charge in [-0.2, -0.15) is 0 Å². The molecule has 0 aliphatic heterocycles. The largest absolute Gasteiger partial charge is 0.359 e. The summed E-state index contributed by atoms with van der Waals surface area (Å²) in [4.78, 5) is 4.08. The van der Waals surface area contributed by atoms with Crippen LogP contribution in [0.2, 0.25) is 0 Å². The molecule has 2 heterocycles. The average molecular weight is 282 g/mol. The van der Waals surface area contributed by atoms with Crippen LogP contribution in [-0.2, 0) is 0 Å². The van der Waals surface area contributed by atoms with Gasteiger partial charge in [-0.05, 0) is 28.4 Å². The quantitative estimate of drug-likeness (QED) is 0.940. The third-order valence-electron chi connectivity index (χ3n) is 2.33. The maximum Gasteiger partial charge on any atom is 0.154 e. The third-order valence-corrected chi connectivity index (χ3v) is 2.77. The van der Waals surface area contributed by atoms with Crippen molar-refractivity contribution < 1.29 is 4.52 Å². The Kier molecular flexibility index (Phi) is 3.36. The second-order valence-corrected chi connectivity index (χ2v) is 4.44. The maximum atomic E-state index is 5.86. The van der Waals surface area contributed by atoms with Crippen LogP contribution in [0.25, 0.3) is 11.3 Å². The van der Waals surface area contributed by atoms with Crippen molar-refractivity contribution in [2.75, 3.05) is 0 Å². The zero-order valence-electron chi connectivity index (χ0n) is 8.85. The molecule has 1 unspecified atom stereocenters. The Bertz CT molecular complexity index is 484. The lowest BCUT2D eigenvalue weighted by Crippen LogP contribution is -2.06. The van der Waals surface area contributed by atoms with E-state index in [0.29, 0.717) is 5.76 Å². The molecule has 0 saturated carbocycles. The summed E-state index contributed by atoms with van der Waals surface area (Å²) in [5.41, 5.74) is 7.52. The Morgan fingerprint density at radius 3 is 2.94 bits per heavy atom. The molecule has 0 saturated heterocycles. The van der Waals surface area contributed by atoms with E-state index in [0.717, 1.165) is 22.2 Å². The van der Waals surface area contributed by atoms with Crippen LogP contribution in [-0.4, -0.2) is 10.1 Å². The van der Waals surface area contributed by atoms with Gasteiger partial charge in [0.25, 0.3) is 0 Å². The second-order valence-electron chi connectivity index (χ2n) is 3.52. The molecule has 2 N–H and O–H groups in total. The molecule has 0 aliphatic rings. The maximum absolute atomic E-state index is 5.86. The number of pyridine rings is 1. The average Bonchev–Trinajstić information content (AvgIpc) is 2.77. The number of halogens is 1. The van der Waals surface area contributed by atoms with Gasteiger partial charge in [0.2, 0.25) is 0 Å². The minimum absolute atomic E-state index is 0.0960. The highest BCUT2D eigenvalue weighted by molar-refractivity contribution is 9.10. The normalized spacial score (nSPS) is 12.7. The number of nitrogens with zero attached hydrogens (tertiary/aromatic N) is 2. The summed E-state index contributed by atoms with van der Waals surface area (Å²) >= 11 is 3.36. The number of nitrogens with two attached hydrogens (primary N) is 1. The topological polar surface area (TPSA) is 64.9 Å². The second kappa shape index (κ2) is 4.76. The van der Waals surface area contributed by atoms with Crippen molar-refractivity contribution in [3.63, 3.8) is 0 Å². The number of hydrogen-bond acceptors (Lipinski definition) is 4. The van der Waals surface area contributed by atoms with E-state index in [9.17, 15) is 0 Å². The van der Waals surface area contributed by atoms with E-state index in [2.05, 4.69) is 26.1 Å². The van der Waals surface area contributed by atoms with Gasteiger partial charge in [-0.1, -0.05) is 12.1 Å². The van der Waals surface area contributed by atoms with Crippen molar-refractivity contribution in [3.8, 4) is 11.3 Å². The zero-order chi connectivity index (χ0) is 11.5. The van der Waals surface area contributed by atoms with Crippen molar-refractivity contribution in [3.05, 3.63) is 34.8 Å². The Labute approximate surface area is 102 Å². The Morgan fingerprint density at radius 2 is 2.25 bits per heavy atom. The fraction of sp³-hybridized carbons (Fsp3) is 0.273. The Morgan fingerprint density at radius 1 is 1.44 bits per heavy atom. The number of rotatable bonds is 3. The van der Waals surface area contributed by atoms with Crippen molar-refractivity contribution in [1.82, 2.24) is 10.1 Å². The molecule has 16 heavy (non-hydrogen) atoms. The summed E-state index contributed by atoms with van der Waals surface area (Å²) in [6.45, 7) is 2.01. The first-order valence-electron chi connectivity index (χ1n) is 5.04. The number of aromatic nitrogens is 2. The van der Waals surface area contributed by atoms with Crippen molar-refractivity contribution in [1.29, 1.82) is 0 Å². The first kappa shape index (κ1) is 11.3. The summed E-state index contributed by atoms with van der Waals surface area (Å²) in [7, 11) is 0. The molecule has 84 valence electrons. The summed E-state index contributed by atoms with van der Waals surface area (Å²) < 4.78 is 6.10. The molecule has 0 amide bonds. The first-order chi connectivity index (χ1) is 7.70. The van der Waals surface area contributed by atoms with Crippen LogP contribution in [0.1, 0.15) is 25.1 Å². The van der Waals surface area contributed by atoms with Crippen molar-refractivity contribution in [2.45, 2.75) is 19.4 Å². The van der Waals surface area contributed by atoms with E-state index < -0.39 is 0 Å². The summed E-state index contributed by atoms with van der Waals surface area (Å²) in [5, 5.41) is 3.98. The van der Waals surface area contributed by atoms with Gasteiger partial charge in [0.1, 0.15) is 5.69 Å². The summed E-state index contributed by atoms with van der Waals surface area (Å²) in [6.07, 6.45) is 4.29. The van der Waals surface area contributed by atoms with Gasteiger partial charge in [0.05, 0.1) is 6.04 Å². The molecule has 0 spiro atoms. The monoisotopic (exact) mass is 281 g/mol. The van der Waals surface area contributed by atoms with Gasteiger partial charge in [0.15, 0.2) is 5.76 Å². The van der Waals surface area contributed by atoms with E-state index in [1.807, 2.05) is 19.1 Å². The molecule has 5 heteroatoms. The molecule has 1 atom stereocenters. The van der Waals surface area contributed by atoms with Crippen LogP contribution in [0.5, 0.6) is 0 Å². The van der Waals surface area contributed by atoms with Crippen LogP contribution in [0.3, 0.4) is 0 Å². The predicted molar refractivity (Wildman–Crippen MR) is 64.7 cm³/mol. The van der Waals surface area contributed by atoms with Crippen LogP contribution in [0, 0.1) is 0 Å². The molecule has 0 bridgehead atoms. The smallest absolute Gasteiger partial charge is 0.154 e. The minimum Gasteiger partial charge on any atom is -0.359 e. The van der Waals surface area contributed by atoms with Crippen molar-refractivity contribution >= 4 is 15.9 Å². The SMILES string of the molecule is CCC(N)c1cc(-c2cncc(Br)c2)no1. The Balaban J connectivity index is 2.31. The predicted octanol–water partition coefficient (Wildman–Crippen LogP) is 2.91. The third kappa shape index (κ3) is 2.31. The molecule has 0 aromatic carbocycles. The molecule has 2 aromatic heterocycles. The van der Waals surface area contributed by atoms with E-state index >= 15 is 0 Å². The summed E-state index contributed by atoms with van der Waals surface area (Å²) in [5.74, 6) is 0.706. The Hall–Kier alpha value is -1.20. The molecule has 0 fully saturated rings. The number of hydrogen-bond donors (Lipinski definition) is 1. The van der Waals surface area contributed by atoms with E-state index in [-0.39, 0.29) is 6.04 Å². The standard InChI is InChI=1S/C11H12BrN3O/c1-2-9(13)11-4-10(15-16-11)7-3-8(12)6-14-5-7/h3-6,9H,2,13H2,1H3. The van der Waals surface area contributed by atoms with Crippen LogP contribution in [0.4, 0.5) is 0 Å². The first-order valence-corrected chi connectivity index (χ1v) is 5.83. The fourth-order valence-corrected chi connectivity index (χ4v) is 1.72. The van der Waals surface area contributed by atoms with E-state index in [4.69, 9.17) is 10.3 Å². The van der Waals surface area contributed by atoms with E-state index in [1.165, 1.54) is 0 Å². The highest BCUT2D eigenvalue weighted by atomic mass is 79.9. The van der Waals surface area contributed by atoms with Crippen LogP contribution in [0.15, 0.2) is 33.5 Å². The van der Waals surface area contributed by atoms with Gasteiger partial charge in [-0.25, -0.2) is 0 Å². The van der Waals surface area contributed by atoms with Crippen molar-refractivity contribution in [2.24, 2.45) is 5.73 Å². The molecule has 4 nitrogen and oxygen atoms in total. The zero-order valence-corrected chi connectivity index (χ0v) is 10.4. The van der Waals surface area contributed by atoms with Crippen LogP contribution < -0.4 is 5.73 Å². The lowest BCUT2D eigenvalue weighted by molar-refractivity contribution is 0.360.